The first-order valence-electron chi connectivity index (χ1n) is 9.79. The predicted octanol–water partition coefficient (Wildman–Crippen LogP) is 4.15. The second kappa shape index (κ2) is 8.53. The maximum absolute atomic E-state index is 13.1. The summed E-state index contributed by atoms with van der Waals surface area (Å²) in [6, 6.07) is 10.2. The van der Waals surface area contributed by atoms with Gasteiger partial charge in [-0.3, -0.25) is 9.69 Å². The minimum absolute atomic E-state index is 0.0523. The van der Waals surface area contributed by atoms with Gasteiger partial charge in [0, 0.05) is 37.8 Å². The van der Waals surface area contributed by atoms with Crippen molar-refractivity contribution in [2.75, 3.05) is 13.1 Å². The Balaban J connectivity index is 1.42. The van der Waals surface area contributed by atoms with Gasteiger partial charge in [-0.2, -0.15) is 0 Å². The number of halogens is 2. The van der Waals surface area contributed by atoms with E-state index in [0.717, 1.165) is 18.7 Å². The van der Waals surface area contributed by atoms with Crippen LogP contribution in [0.1, 0.15) is 25.0 Å². The lowest BCUT2D eigenvalue weighted by atomic mass is 10.1. The third kappa shape index (κ3) is 4.37. The first-order chi connectivity index (χ1) is 14.4. The molecule has 0 spiro atoms. The number of piperazine rings is 1. The lowest BCUT2D eigenvalue weighted by Gasteiger charge is -2.44. The molecular formula is C22H22ClFN4O2. The molecule has 0 N–H and O–H groups in total. The molecule has 1 aliphatic rings. The van der Waals surface area contributed by atoms with Gasteiger partial charge in [0.15, 0.2) is 0 Å². The van der Waals surface area contributed by atoms with Gasteiger partial charge in [0.1, 0.15) is 16.9 Å². The van der Waals surface area contributed by atoms with Crippen molar-refractivity contribution in [2.45, 2.75) is 32.5 Å². The number of hydrogen-bond acceptors (Lipinski definition) is 5. The van der Waals surface area contributed by atoms with Gasteiger partial charge in [-0.25, -0.2) is 9.02 Å². The van der Waals surface area contributed by atoms with Crippen LogP contribution < -0.4 is 0 Å². The Morgan fingerprint density at radius 1 is 1.17 bits per heavy atom. The summed E-state index contributed by atoms with van der Waals surface area (Å²) in [5.74, 6) is -0.299. The van der Waals surface area contributed by atoms with Gasteiger partial charge >= 0.3 is 0 Å². The summed E-state index contributed by atoms with van der Waals surface area (Å²) < 4.78 is 17.8. The number of rotatable bonds is 4. The topological polar surface area (TPSA) is 62.5 Å². The quantitative estimate of drug-likeness (QED) is 0.584. The number of carbonyl (C=O) groups excluding carboxylic acids is 1. The van der Waals surface area contributed by atoms with E-state index in [1.54, 1.807) is 36.4 Å². The smallest absolute Gasteiger partial charge is 0.246 e. The van der Waals surface area contributed by atoms with Crippen LogP contribution in [-0.4, -0.2) is 51.2 Å². The normalized spacial score (nSPS) is 20.3. The summed E-state index contributed by atoms with van der Waals surface area (Å²) >= 11 is 6.27. The van der Waals surface area contributed by atoms with Crippen molar-refractivity contribution in [1.82, 2.24) is 20.1 Å². The molecule has 1 amide bonds. The van der Waals surface area contributed by atoms with Crippen molar-refractivity contribution in [2.24, 2.45) is 0 Å². The highest BCUT2D eigenvalue weighted by Crippen LogP contribution is 2.24. The molecule has 6 nitrogen and oxygen atoms in total. The Kier molecular flexibility index (Phi) is 5.83. The summed E-state index contributed by atoms with van der Waals surface area (Å²) in [7, 11) is 0. The Hall–Kier alpha value is -2.77. The standard InChI is InChI=1S/C22H22ClFN4O2/c1-14-12-28(15(2)11-27(14)13-16-3-6-18(24)7-4-16)22(29)8-5-17-9-20-21(10-19(17)23)26-30-25-20/h3-10,14-15H,11-13H2,1-2H3. The molecule has 3 aromatic rings. The van der Waals surface area contributed by atoms with Crippen LogP contribution in [0.5, 0.6) is 0 Å². The molecule has 0 bridgehead atoms. The highest BCUT2D eigenvalue weighted by molar-refractivity contribution is 6.32. The van der Waals surface area contributed by atoms with E-state index in [9.17, 15) is 9.18 Å². The fourth-order valence-corrected chi connectivity index (χ4v) is 3.98. The van der Waals surface area contributed by atoms with Gasteiger partial charge in [-0.1, -0.05) is 23.7 Å². The second-order valence-corrected chi connectivity index (χ2v) is 8.11. The largest absolute Gasteiger partial charge is 0.334 e. The van der Waals surface area contributed by atoms with Gasteiger partial charge in [0.2, 0.25) is 5.91 Å². The van der Waals surface area contributed by atoms with Crippen LogP contribution in [0.25, 0.3) is 17.1 Å². The average Bonchev–Trinajstić information content (AvgIpc) is 3.17. The molecule has 156 valence electrons. The maximum Gasteiger partial charge on any atom is 0.246 e. The molecule has 4 rings (SSSR count). The van der Waals surface area contributed by atoms with Crippen molar-refractivity contribution in [3.63, 3.8) is 0 Å². The molecule has 0 radical (unpaired) electrons. The summed E-state index contributed by atoms with van der Waals surface area (Å²) in [5, 5.41) is 8.04. The monoisotopic (exact) mass is 428 g/mol. The van der Waals surface area contributed by atoms with Gasteiger partial charge in [0.05, 0.1) is 5.02 Å². The molecule has 0 saturated carbocycles. The highest BCUT2D eigenvalue weighted by atomic mass is 35.5. The highest BCUT2D eigenvalue weighted by Gasteiger charge is 2.31. The Morgan fingerprint density at radius 3 is 2.60 bits per heavy atom. The first kappa shape index (κ1) is 20.5. The number of benzene rings is 2. The fourth-order valence-electron chi connectivity index (χ4n) is 3.76. The third-order valence-corrected chi connectivity index (χ3v) is 5.80. The van der Waals surface area contributed by atoms with Crippen LogP contribution in [-0.2, 0) is 11.3 Å². The zero-order valence-electron chi connectivity index (χ0n) is 16.8. The van der Waals surface area contributed by atoms with E-state index in [0.29, 0.717) is 28.2 Å². The van der Waals surface area contributed by atoms with Crippen LogP contribution in [0.15, 0.2) is 47.1 Å². The molecule has 2 heterocycles. The summed E-state index contributed by atoms with van der Waals surface area (Å²) in [5.41, 5.74) is 2.90. The number of amides is 1. The summed E-state index contributed by atoms with van der Waals surface area (Å²) in [6.07, 6.45) is 3.24. The second-order valence-electron chi connectivity index (χ2n) is 7.70. The molecule has 2 atom stereocenters. The summed E-state index contributed by atoms with van der Waals surface area (Å²) in [4.78, 5) is 17.0. The lowest BCUT2D eigenvalue weighted by Crippen LogP contribution is -2.57. The number of fused-ring (bicyclic) bond motifs is 1. The third-order valence-electron chi connectivity index (χ3n) is 5.47. The van der Waals surface area contributed by atoms with E-state index in [1.165, 1.54) is 12.1 Å². The van der Waals surface area contributed by atoms with Crippen LogP contribution in [0, 0.1) is 5.82 Å². The SMILES string of the molecule is CC1CN(C(=O)C=Cc2cc3nonc3cc2Cl)C(C)CN1Cc1ccc(F)cc1. The van der Waals surface area contributed by atoms with E-state index in [1.807, 2.05) is 11.8 Å². The minimum atomic E-state index is -0.235. The lowest BCUT2D eigenvalue weighted by molar-refractivity contribution is -0.131. The van der Waals surface area contributed by atoms with Crippen LogP contribution in [0.3, 0.4) is 0 Å². The number of hydrogen-bond donors (Lipinski definition) is 0. The van der Waals surface area contributed by atoms with E-state index >= 15 is 0 Å². The number of nitrogens with zero attached hydrogens (tertiary/aromatic N) is 4. The minimum Gasteiger partial charge on any atom is -0.334 e. The molecule has 0 aliphatic carbocycles. The zero-order valence-corrected chi connectivity index (χ0v) is 17.5. The molecule has 1 saturated heterocycles. The fraction of sp³-hybridized carbons (Fsp3) is 0.318. The van der Waals surface area contributed by atoms with E-state index in [-0.39, 0.29) is 23.8 Å². The molecular weight excluding hydrogens is 407 g/mol. The van der Waals surface area contributed by atoms with Gasteiger partial charge < -0.3 is 4.90 Å². The number of aromatic nitrogens is 2. The summed E-state index contributed by atoms with van der Waals surface area (Å²) in [6.45, 7) is 6.23. The van der Waals surface area contributed by atoms with Crippen molar-refractivity contribution >= 4 is 34.6 Å². The zero-order chi connectivity index (χ0) is 21.3. The maximum atomic E-state index is 13.1. The molecule has 1 aliphatic heterocycles. The van der Waals surface area contributed by atoms with Crippen LogP contribution in [0.2, 0.25) is 5.02 Å². The predicted molar refractivity (Wildman–Crippen MR) is 113 cm³/mol. The van der Waals surface area contributed by atoms with Crippen molar-refractivity contribution < 1.29 is 13.8 Å². The molecule has 8 heteroatoms. The van der Waals surface area contributed by atoms with Gasteiger partial charge in [0.25, 0.3) is 0 Å². The van der Waals surface area contributed by atoms with Crippen LogP contribution in [0.4, 0.5) is 4.39 Å². The molecule has 1 fully saturated rings. The first-order valence-corrected chi connectivity index (χ1v) is 10.2. The van der Waals surface area contributed by atoms with Crippen molar-refractivity contribution in [3.8, 4) is 0 Å². The van der Waals surface area contributed by atoms with Crippen LogP contribution >= 0.6 is 11.6 Å². The van der Waals surface area contributed by atoms with Crippen molar-refractivity contribution in [3.05, 3.63) is 64.4 Å². The molecule has 2 unspecified atom stereocenters. The van der Waals surface area contributed by atoms with E-state index in [4.69, 9.17) is 16.2 Å². The molecule has 1 aromatic heterocycles. The van der Waals surface area contributed by atoms with Gasteiger partial charge in [-0.05, 0) is 65.6 Å². The molecule has 2 aromatic carbocycles. The Bertz CT molecular complexity index is 1080. The van der Waals surface area contributed by atoms with E-state index in [2.05, 4.69) is 22.1 Å². The van der Waals surface area contributed by atoms with E-state index < -0.39 is 0 Å². The Morgan fingerprint density at radius 2 is 1.87 bits per heavy atom. The van der Waals surface area contributed by atoms with Gasteiger partial charge in [-0.15, -0.1) is 0 Å². The Labute approximate surface area is 178 Å². The molecule has 30 heavy (non-hydrogen) atoms. The average molecular weight is 429 g/mol. The number of carbonyl (C=O) groups is 1. The van der Waals surface area contributed by atoms with Crippen molar-refractivity contribution in [1.29, 1.82) is 0 Å².